The van der Waals surface area contributed by atoms with Gasteiger partial charge in [0.05, 0.1) is 11.3 Å². The van der Waals surface area contributed by atoms with Crippen molar-refractivity contribution in [3.05, 3.63) is 65.5 Å². The molecule has 1 atom stereocenters. The number of carbonyl (C=O) groups excluding carboxylic acids is 3. The van der Waals surface area contributed by atoms with Gasteiger partial charge in [0.2, 0.25) is 11.8 Å². The SMILES string of the molecule is O=C(CCC1NC(=O)c2ccccc2NC1=O)NCCc1cccc(F)c1. The molecule has 1 unspecified atom stereocenters. The lowest BCUT2D eigenvalue weighted by Crippen LogP contribution is -2.42. The lowest BCUT2D eigenvalue weighted by Gasteiger charge is -2.14. The van der Waals surface area contributed by atoms with Crippen LogP contribution in [0.1, 0.15) is 28.8 Å². The molecule has 3 rings (SSSR count). The zero-order chi connectivity index (χ0) is 19.2. The van der Waals surface area contributed by atoms with Gasteiger partial charge in [-0.2, -0.15) is 0 Å². The fraction of sp³-hybridized carbons (Fsp3) is 0.250. The second kappa shape index (κ2) is 8.44. The minimum absolute atomic E-state index is 0.0951. The van der Waals surface area contributed by atoms with E-state index >= 15 is 0 Å². The van der Waals surface area contributed by atoms with E-state index in [0.717, 1.165) is 5.56 Å². The number of nitrogens with one attached hydrogen (secondary N) is 3. The number of halogens is 1. The summed E-state index contributed by atoms with van der Waals surface area (Å²) in [5.74, 6) is -1.23. The van der Waals surface area contributed by atoms with Crippen LogP contribution >= 0.6 is 0 Å². The Bertz CT molecular complexity index is 869. The second-order valence-electron chi connectivity index (χ2n) is 6.33. The molecule has 6 nitrogen and oxygen atoms in total. The van der Waals surface area contributed by atoms with Crippen molar-refractivity contribution < 1.29 is 18.8 Å². The molecule has 27 heavy (non-hydrogen) atoms. The summed E-state index contributed by atoms with van der Waals surface area (Å²) in [5.41, 5.74) is 1.65. The number of amides is 3. The van der Waals surface area contributed by atoms with Gasteiger partial charge >= 0.3 is 0 Å². The number of carbonyl (C=O) groups is 3. The van der Waals surface area contributed by atoms with E-state index in [2.05, 4.69) is 16.0 Å². The first-order chi connectivity index (χ1) is 13.0. The molecule has 2 aromatic carbocycles. The highest BCUT2D eigenvalue weighted by Crippen LogP contribution is 2.19. The lowest BCUT2D eigenvalue weighted by atomic mass is 10.1. The van der Waals surface area contributed by atoms with Gasteiger partial charge in [-0.05, 0) is 42.7 Å². The van der Waals surface area contributed by atoms with Crippen molar-refractivity contribution in [1.82, 2.24) is 10.6 Å². The van der Waals surface area contributed by atoms with Crippen molar-refractivity contribution in [2.45, 2.75) is 25.3 Å². The first kappa shape index (κ1) is 18.6. The number of fused-ring (bicyclic) bond motifs is 1. The number of rotatable bonds is 6. The van der Waals surface area contributed by atoms with Crippen LogP contribution in [-0.2, 0) is 16.0 Å². The van der Waals surface area contributed by atoms with E-state index in [1.54, 1.807) is 36.4 Å². The van der Waals surface area contributed by atoms with Gasteiger partial charge in [0.15, 0.2) is 0 Å². The standard InChI is InChI=1S/C20H20FN3O3/c21-14-5-3-4-13(12-14)10-11-22-18(25)9-8-17-20(27)23-16-7-2-1-6-15(16)19(26)24-17/h1-7,12,17H,8-11H2,(H,22,25)(H,23,27)(H,24,26). The Morgan fingerprint density at radius 2 is 1.93 bits per heavy atom. The van der Waals surface area contributed by atoms with E-state index in [-0.39, 0.29) is 36.4 Å². The first-order valence-corrected chi connectivity index (χ1v) is 8.75. The Labute approximate surface area is 156 Å². The van der Waals surface area contributed by atoms with Gasteiger partial charge in [0.1, 0.15) is 11.9 Å². The molecule has 0 aromatic heterocycles. The summed E-state index contributed by atoms with van der Waals surface area (Å²) < 4.78 is 13.1. The van der Waals surface area contributed by atoms with Crippen LogP contribution in [0.3, 0.4) is 0 Å². The first-order valence-electron chi connectivity index (χ1n) is 8.75. The van der Waals surface area contributed by atoms with Crippen LogP contribution in [0.15, 0.2) is 48.5 Å². The minimum Gasteiger partial charge on any atom is -0.356 e. The molecule has 2 aromatic rings. The van der Waals surface area contributed by atoms with Gasteiger partial charge in [-0.3, -0.25) is 14.4 Å². The Morgan fingerprint density at radius 3 is 2.74 bits per heavy atom. The molecule has 0 spiro atoms. The number of anilines is 1. The van der Waals surface area contributed by atoms with E-state index in [1.165, 1.54) is 12.1 Å². The van der Waals surface area contributed by atoms with Crippen LogP contribution in [0, 0.1) is 5.82 Å². The maximum absolute atomic E-state index is 13.1. The molecule has 140 valence electrons. The topological polar surface area (TPSA) is 87.3 Å². The predicted octanol–water partition coefficient (Wildman–Crippen LogP) is 2.02. The average Bonchev–Trinajstić information content (AvgIpc) is 2.76. The van der Waals surface area contributed by atoms with Crippen LogP contribution in [0.5, 0.6) is 0 Å². The molecule has 7 heteroatoms. The maximum atomic E-state index is 13.1. The third-order valence-electron chi connectivity index (χ3n) is 4.34. The van der Waals surface area contributed by atoms with Crippen molar-refractivity contribution >= 4 is 23.4 Å². The Morgan fingerprint density at radius 1 is 1.11 bits per heavy atom. The molecule has 0 bridgehead atoms. The number of para-hydroxylation sites is 1. The Kier molecular flexibility index (Phi) is 5.80. The van der Waals surface area contributed by atoms with Crippen LogP contribution in [-0.4, -0.2) is 30.3 Å². The third-order valence-corrected chi connectivity index (χ3v) is 4.34. The molecule has 3 amide bonds. The summed E-state index contributed by atoms with van der Waals surface area (Å²) in [5, 5.41) is 8.11. The van der Waals surface area contributed by atoms with E-state index in [0.29, 0.717) is 24.2 Å². The van der Waals surface area contributed by atoms with Gasteiger partial charge < -0.3 is 16.0 Å². The van der Waals surface area contributed by atoms with Crippen molar-refractivity contribution in [2.75, 3.05) is 11.9 Å². The van der Waals surface area contributed by atoms with Gasteiger partial charge in [-0.15, -0.1) is 0 Å². The van der Waals surface area contributed by atoms with E-state index in [9.17, 15) is 18.8 Å². The largest absolute Gasteiger partial charge is 0.356 e. The number of benzene rings is 2. The molecular formula is C20H20FN3O3. The second-order valence-corrected chi connectivity index (χ2v) is 6.33. The minimum atomic E-state index is -0.779. The molecule has 1 heterocycles. The molecule has 0 radical (unpaired) electrons. The van der Waals surface area contributed by atoms with E-state index in [1.807, 2.05) is 0 Å². The summed E-state index contributed by atoms with van der Waals surface area (Å²) in [6, 6.07) is 12.2. The van der Waals surface area contributed by atoms with E-state index < -0.39 is 6.04 Å². The molecular weight excluding hydrogens is 349 g/mol. The summed E-state index contributed by atoms with van der Waals surface area (Å²) in [6.07, 6.45) is 0.800. The fourth-order valence-electron chi connectivity index (χ4n) is 2.92. The maximum Gasteiger partial charge on any atom is 0.254 e. The van der Waals surface area contributed by atoms with Crippen LogP contribution in [0.2, 0.25) is 0 Å². The molecule has 0 aliphatic carbocycles. The van der Waals surface area contributed by atoms with Crippen molar-refractivity contribution in [3.63, 3.8) is 0 Å². The van der Waals surface area contributed by atoms with Gasteiger partial charge in [-0.25, -0.2) is 4.39 Å². The normalized spacial score (nSPS) is 16.0. The summed E-state index contributed by atoms with van der Waals surface area (Å²) in [4.78, 5) is 36.5. The third kappa shape index (κ3) is 4.91. The van der Waals surface area contributed by atoms with Crippen molar-refractivity contribution in [3.8, 4) is 0 Å². The zero-order valence-electron chi connectivity index (χ0n) is 14.6. The summed E-state index contributed by atoms with van der Waals surface area (Å²) in [6.45, 7) is 0.372. The Balaban J connectivity index is 1.47. The molecule has 0 saturated carbocycles. The van der Waals surface area contributed by atoms with Crippen molar-refractivity contribution in [2.24, 2.45) is 0 Å². The fourth-order valence-corrected chi connectivity index (χ4v) is 2.92. The highest BCUT2D eigenvalue weighted by Gasteiger charge is 2.27. The van der Waals surface area contributed by atoms with Gasteiger partial charge in [-0.1, -0.05) is 24.3 Å². The summed E-state index contributed by atoms with van der Waals surface area (Å²) in [7, 11) is 0. The number of hydrogen-bond donors (Lipinski definition) is 3. The smallest absolute Gasteiger partial charge is 0.254 e. The van der Waals surface area contributed by atoms with Crippen LogP contribution in [0.25, 0.3) is 0 Å². The van der Waals surface area contributed by atoms with Gasteiger partial charge in [0, 0.05) is 13.0 Å². The molecule has 1 aliphatic heterocycles. The quantitative estimate of drug-likeness (QED) is 0.728. The summed E-state index contributed by atoms with van der Waals surface area (Å²) >= 11 is 0. The van der Waals surface area contributed by atoms with Gasteiger partial charge in [0.25, 0.3) is 5.91 Å². The molecule has 1 aliphatic rings. The number of hydrogen-bond acceptors (Lipinski definition) is 3. The Hall–Kier alpha value is -3.22. The molecule has 3 N–H and O–H groups in total. The lowest BCUT2D eigenvalue weighted by molar-refractivity contribution is -0.121. The monoisotopic (exact) mass is 369 g/mol. The van der Waals surface area contributed by atoms with E-state index in [4.69, 9.17) is 0 Å². The predicted molar refractivity (Wildman–Crippen MR) is 98.7 cm³/mol. The molecule has 0 fully saturated rings. The zero-order valence-corrected chi connectivity index (χ0v) is 14.6. The van der Waals surface area contributed by atoms with Crippen LogP contribution < -0.4 is 16.0 Å². The molecule has 0 saturated heterocycles. The van der Waals surface area contributed by atoms with Crippen LogP contribution in [0.4, 0.5) is 10.1 Å². The average molecular weight is 369 g/mol. The highest BCUT2D eigenvalue weighted by atomic mass is 19.1. The van der Waals surface area contributed by atoms with Crippen molar-refractivity contribution in [1.29, 1.82) is 0 Å². The highest BCUT2D eigenvalue weighted by molar-refractivity contribution is 6.09.